The topological polar surface area (TPSA) is 61.9 Å². The van der Waals surface area contributed by atoms with Gasteiger partial charge in [0.15, 0.2) is 0 Å². The first kappa shape index (κ1) is 11.4. The number of furan rings is 1. The van der Waals surface area contributed by atoms with Crippen molar-refractivity contribution in [2.75, 3.05) is 7.11 Å². The Morgan fingerprint density at radius 1 is 1.37 bits per heavy atom. The van der Waals surface area contributed by atoms with Crippen molar-refractivity contribution in [2.24, 2.45) is 0 Å². The zero-order valence-corrected chi connectivity index (χ0v) is 10.4. The van der Waals surface area contributed by atoms with Gasteiger partial charge < -0.3 is 14.1 Å². The van der Waals surface area contributed by atoms with Crippen LogP contribution in [-0.4, -0.2) is 12.1 Å². The van der Waals surface area contributed by atoms with Crippen molar-refractivity contribution < 1.29 is 9.15 Å². The number of benzene rings is 1. The van der Waals surface area contributed by atoms with Crippen LogP contribution in [-0.2, 0) is 6.42 Å². The van der Waals surface area contributed by atoms with Crippen molar-refractivity contribution in [1.29, 1.82) is 5.26 Å². The molecule has 0 spiro atoms. The van der Waals surface area contributed by atoms with Crippen molar-refractivity contribution in [2.45, 2.75) is 6.42 Å². The molecule has 2 heterocycles. The SMILES string of the molecule is COc1ccc2[nH]c(-c3ccco3)c(CC#N)c2c1. The van der Waals surface area contributed by atoms with Crippen LogP contribution in [0.5, 0.6) is 5.75 Å². The van der Waals surface area contributed by atoms with Crippen LogP contribution < -0.4 is 4.74 Å². The quantitative estimate of drug-likeness (QED) is 0.776. The van der Waals surface area contributed by atoms with Gasteiger partial charge in [0.05, 0.1) is 31.6 Å². The molecule has 94 valence electrons. The van der Waals surface area contributed by atoms with Crippen LogP contribution in [0.1, 0.15) is 5.56 Å². The molecule has 19 heavy (non-hydrogen) atoms. The molecule has 3 rings (SSSR count). The van der Waals surface area contributed by atoms with Crippen molar-refractivity contribution in [3.8, 4) is 23.3 Å². The lowest BCUT2D eigenvalue weighted by molar-refractivity contribution is 0.415. The van der Waals surface area contributed by atoms with E-state index in [0.29, 0.717) is 6.42 Å². The van der Waals surface area contributed by atoms with Gasteiger partial charge in [-0.3, -0.25) is 0 Å². The summed E-state index contributed by atoms with van der Waals surface area (Å²) in [5.74, 6) is 1.51. The molecule has 0 fully saturated rings. The predicted octanol–water partition coefficient (Wildman–Crippen LogP) is 3.50. The maximum absolute atomic E-state index is 9.02. The van der Waals surface area contributed by atoms with Gasteiger partial charge in [-0.1, -0.05) is 0 Å². The highest BCUT2D eigenvalue weighted by Crippen LogP contribution is 2.32. The highest BCUT2D eigenvalue weighted by molar-refractivity contribution is 5.91. The molecule has 0 saturated carbocycles. The number of methoxy groups -OCH3 is 1. The molecule has 0 aliphatic rings. The van der Waals surface area contributed by atoms with E-state index < -0.39 is 0 Å². The van der Waals surface area contributed by atoms with Crippen molar-refractivity contribution in [3.05, 3.63) is 42.2 Å². The average Bonchev–Trinajstić information content (AvgIpc) is 3.06. The number of aromatic nitrogens is 1. The second kappa shape index (κ2) is 4.54. The zero-order chi connectivity index (χ0) is 13.2. The van der Waals surface area contributed by atoms with E-state index in [2.05, 4.69) is 11.1 Å². The third kappa shape index (κ3) is 1.85. The van der Waals surface area contributed by atoms with Gasteiger partial charge in [0.2, 0.25) is 0 Å². The van der Waals surface area contributed by atoms with Gasteiger partial charge in [-0.15, -0.1) is 0 Å². The molecule has 4 nitrogen and oxygen atoms in total. The number of aromatic amines is 1. The van der Waals surface area contributed by atoms with Gasteiger partial charge in [-0.05, 0) is 30.3 Å². The second-order valence-corrected chi connectivity index (χ2v) is 4.20. The largest absolute Gasteiger partial charge is 0.497 e. The van der Waals surface area contributed by atoms with Crippen LogP contribution in [0.3, 0.4) is 0 Å². The summed E-state index contributed by atoms with van der Waals surface area (Å²) in [4.78, 5) is 3.30. The van der Waals surface area contributed by atoms with Gasteiger partial charge in [0.1, 0.15) is 11.5 Å². The Balaban J connectivity index is 2.27. The normalized spacial score (nSPS) is 10.5. The number of H-pyrrole nitrogens is 1. The summed E-state index contributed by atoms with van der Waals surface area (Å²) in [5.41, 5.74) is 2.76. The Morgan fingerprint density at radius 2 is 2.26 bits per heavy atom. The van der Waals surface area contributed by atoms with Crippen LogP contribution in [0.4, 0.5) is 0 Å². The van der Waals surface area contributed by atoms with Gasteiger partial charge in [0, 0.05) is 16.5 Å². The van der Waals surface area contributed by atoms with Crippen LogP contribution in [0.25, 0.3) is 22.4 Å². The maximum Gasteiger partial charge on any atom is 0.150 e. The van der Waals surface area contributed by atoms with E-state index in [1.807, 2.05) is 30.3 Å². The van der Waals surface area contributed by atoms with Crippen LogP contribution in [0.2, 0.25) is 0 Å². The minimum absolute atomic E-state index is 0.323. The van der Waals surface area contributed by atoms with Gasteiger partial charge >= 0.3 is 0 Å². The van der Waals surface area contributed by atoms with E-state index in [9.17, 15) is 0 Å². The smallest absolute Gasteiger partial charge is 0.150 e. The maximum atomic E-state index is 9.02. The van der Waals surface area contributed by atoms with Gasteiger partial charge in [-0.25, -0.2) is 0 Å². The third-order valence-corrected chi connectivity index (χ3v) is 3.14. The van der Waals surface area contributed by atoms with Crippen LogP contribution in [0, 0.1) is 11.3 Å². The molecule has 1 N–H and O–H groups in total. The lowest BCUT2D eigenvalue weighted by Gasteiger charge is -2.00. The van der Waals surface area contributed by atoms with E-state index in [1.165, 1.54) is 0 Å². The number of rotatable bonds is 3. The Hall–Kier alpha value is -2.67. The summed E-state index contributed by atoms with van der Waals surface area (Å²) in [6.07, 6.45) is 1.95. The molecule has 0 amide bonds. The highest BCUT2D eigenvalue weighted by Gasteiger charge is 2.15. The number of fused-ring (bicyclic) bond motifs is 1. The summed E-state index contributed by atoms with van der Waals surface area (Å²) in [7, 11) is 1.63. The van der Waals surface area contributed by atoms with Crippen LogP contribution in [0.15, 0.2) is 41.0 Å². The molecule has 0 radical (unpaired) electrons. The molecule has 0 aliphatic carbocycles. The molecule has 0 aliphatic heterocycles. The van der Waals surface area contributed by atoms with E-state index >= 15 is 0 Å². The van der Waals surface area contributed by atoms with Gasteiger partial charge in [0.25, 0.3) is 0 Å². The monoisotopic (exact) mass is 252 g/mol. The number of nitrogens with zero attached hydrogens (tertiary/aromatic N) is 1. The fourth-order valence-electron chi connectivity index (χ4n) is 2.25. The molecule has 3 aromatic rings. The standard InChI is InChI=1S/C15H12N2O2/c1-18-10-4-5-13-12(9-10)11(6-7-16)15(17-13)14-3-2-8-19-14/h2-5,8-9,17H,6H2,1H3. The minimum atomic E-state index is 0.323. The lowest BCUT2D eigenvalue weighted by Crippen LogP contribution is -1.85. The fourth-order valence-corrected chi connectivity index (χ4v) is 2.25. The zero-order valence-electron chi connectivity index (χ0n) is 10.4. The van der Waals surface area contributed by atoms with E-state index in [1.54, 1.807) is 13.4 Å². The number of nitrogens with one attached hydrogen (secondary N) is 1. The molecule has 4 heteroatoms. The second-order valence-electron chi connectivity index (χ2n) is 4.20. The predicted molar refractivity (Wildman–Crippen MR) is 71.9 cm³/mol. The first-order valence-corrected chi connectivity index (χ1v) is 5.93. The Kier molecular flexibility index (Phi) is 2.73. The molecule has 0 unspecified atom stereocenters. The molecule has 1 aromatic carbocycles. The number of nitriles is 1. The Morgan fingerprint density at radius 3 is 2.95 bits per heavy atom. The van der Waals surface area contributed by atoms with E-state index in [-0.39, 0.29) is 0 Å². The minimum Gasteiger partial charge on any atom is -0.497 e. The summed E-state index contributed by atoms with van der Waals surface area (Å²) < 4.78 is 10.7. The average molecular weight is 252 g/mol. The van der Waals surface area contributed by atoms with E-state index in [4.69, 9.17) is 14.4 Å². The third-order valence-electron chi connectivity index (χ3n) is 3.14. The van der Waals surface area contributed by atoms with Crippen molar-refractivity contribution in [3.63, 3.8) is 0 Å². The van der Waals surface area contributed by atoms with E-state index in [0.717, 1.165) is 33.7 Å². The summed E-state index contributed by atoms with van der Waals surface area (Å²) in [5, 5.41) is 10.0. The molecule has 2 aromatic heterocycles. The van der Waals surface area contributed by atoms with Crippen LogP contribution >= 0.6 is 0 Å². The number of ether oxygens (including phenoxy) is 1. The highest BCUT2D eigenvalue weighted by atomic mass is 16.5. The first-order chi connectivity index (χ1) is 9.33. The number of hydrogen-bond acceptors (Lipinski definition) is 3. The summed E-state index contributed by atoms with van der Waals surface area (Å²) in [6, 6.07) is 11.7. The Labute approximate surface area is 110 Å². The van der Waals surface area contributed by atoms with Gasteiger partial charge in [-0.2, -0.15) is 5.26 Å². The molecule has 0 atom stereocenters. The molecule has 0 bridgehead atoms. The lowest BCUT2D eigenvalue weighted by atomic mass is 10.1. The molecular weight excluding hydrogens is 240 g/mol. The van der Waals surface area contributed by atoms with Crippen molar-refractivity contribution in [1.82, 2.24) is 4.98 Å². The first-order valence-electron chi connectivity index (χ1n) is 5.93. The molecular formula is C15H12N2O2. The number of hydrogen-bond donors (Lipinski definition) is 1. The summed E-state index contributed by atoms with van der Waals surface area (Å²) >= 11 is 0. The van der Waals surface area contributed by atoms with Crippen molar-refractivity contribution >= 4 is 10.9 Å². The fraction of sp³-hybridized carbons (Fsp3) is 0.133. The summed E-state index contributed by atoms with van der Waals surface area (Å²) in [6.45, 7) is 0. The Bertz CT molecular complexity index is 748. The molecule has 0 saturated heterocycles.